The predicted octanol–water partition coefficient (Wildman–Crippen LogP) is 1.06. The Bertz CT molecular complexity index is 123. The summed E-state index contributed by atoms with van der Waals surface area (Å²) >= 11 is 0. The van der Waals surface area contributed by atoms with Crippen molar-refractivity contribution in [3.8, 4) is 0 Å². The second-order valence-corrected chi connectivity index (χ2v) is 2.66. The van der Waals surface area contributed by atoms with Crippen LogP contribution >= 0.6 is 0 Å². The molecule has 11 heavy (non-hydrogen) atoms. The second-order valence-electron chi connectivity index (χ2n) is 2.66. The summed E-state index contributed by atoms with van der Waals surface area (Å²) in [6.45, 7) is 3.53. The zero-order valence-corrected chi connectivity index (χ0v) is 6.99. The Morgan fingerprint density at radius 3 is 2.18 bits per heavy atom. The van der Waals surface area contributed by atoms with E-state index in [9.17, 15) is 15.2 Å². The van der Waals surface area contributed by atoms with Crippen molar-refractivity contribution in [1.82, 2.24) is 0 Å². The molecule has 1 N–H and O–H groups in total. The molecule has 0 saturated carbocycles. The minimum atomic E-state index is -0.778. The Labute approximate surface area is 66.4 Å². The predicted molar refractivity (Wildman–Crippen MR) is 41.9 cm³/mol. The quantitative estimate of drug-likeness (QED) is 0.484. The number of aliphatic hydroxyl groups is 1. The van der Waals surface area contributed by atoms with Crippen LogP contribution in [-0.4, -0.2) is 22.7 Å². The highest BCUT2D eigenvalue weighted by Gasteiger charge is 2.19. The zero-order valence-electron chi connectivity index (χ0n) is 6.99. The minimum absolute atomic E-state index is 0.0698. The van der Waals surface area contributed by atoms with E-state index in [1.807, 2.05) is 13.8 Å². The van der Waals surface area contributed by atoms with E-state index >= 15 is 0 Å². The third kappa shape index (κ3) is 3.93. The molecule has 1 atom stereocenters. The summed E-state index contributed by atoms with van der Waals surface area (Å²) in [6, 6.07) is 0. The average Bonchev–Trinajstić information content (AvgIpc) is 1.88. The van der Waals surface area contributed by atoms with Gasteiger partial charge in [0.15, 0.2) is 0 Å². The fourth-order valence-corrected chi connectivity index (χ4v) is 1.13. The maximum Gasteiger partial charge on any atom is 0.229 e. The fraction of sp³-hybridized carbons (Fsp3) is 1.00. The van der Waals surface area contributed by atoms with E-state index in [4.69, 9.17) is 0 Å². The van der Waals surface area contributed by atoms with Crippen LogP contribution in [0.1, 0.15) is 26.7 Å². The van der Waals surface area contributed by atoms with Gasteiger partial charge < -0.3 is 5.11 Å². The average molecular weight is 161 g/mol. The summed E-state index contributed by atoms with van der Waals surface area (Å²) in [7, 11) is 0. The van der Waals surface area contributed by atoms with Crippen LogP contribution in [0.15, 0.2) is 0 Å². The van der Waals surface area contributed by atoms with Crippen LogP contribution < -0.4 is 0 Å². The van der Waals surface area contributed by atoms with Crippen molar-refractivity contribution in [2.75, 3.05) is 6.54 Å². The van der Waals surface area contributed by atoms with Gasteiger partial charge in [0, 0.05) is 4.92 Å². The number of nitrogens with zero attached hydrogens (tertiary/aromatic N) is 1. The molecule has 0 spiro atoms. The highest BCUT2D eigenvalue weighted by atomic mass is 16.6. The Balaban J connectivity index is 3.78. The van der Waals surface area contributed by atoms with Gasteiger partial charge >= 0.3 is 0 Å². The Hall–Kier alpha value is -0.640. The van der Waals surface area contributed by atoms with Gasteiger partial charge in [0.25, 0.3) is 0 Å². The normalized spacial score (nSPS) is 13.5. The van der Waals surface area contributed by atoms with Crippen LogP contribution in [0.4, 0.5) is 0 Å². The van der Waals surface area contributed by atoms with Crippen LogP contribution in [0.3, 0.4) is 0 Å². The standard InChI is InChI=1S/C7H15NO3/c1-3-6(4-2)7(9)5-8(10)11/h6-7,9H,3-5H2,1-2H3/t7-/m1/s1. The lowest BCUT2D eigenvalue weighted by Crippen LogP contribution is -2.27. The summed E-state index contributed by atoms with van der Waals surface area (Å²) in [5, 5.41) is 19.2. The molecular weight excluding hydrogens is 146 g/mol. The first kappa shape index (κ1) is 10.4. The van der Waals surface area contributed by atoms with Crippen LogP contribution in [0.2, 0.25) is 0 Å². The molecule has 0 heterocycles. The first-order valence-electron chi connectivity index (χ1n) is 3.91. The van der Waals surface area contributed by atoms with Crippen LogP contribution in [0.25, 0.3) is 0 Å². The van der Waals surface area contributed by atoms with E-state index in [-0.39, 0.29) is 12.5 Å². The fourth-order valence-electron chi connectivity index (χ4n) is 1.13. The highest BCUT2D eigenvalue weighted by Crippen LogP contribution is 2.12. The third-order valence-corrected chi connectivity index (χ3v) is 1.93. The molecule has 0 aromatic heterocycles. The third-order valence-electron chi connectivity index (χ3n) is 1.93. The molecule has 66 valence electrons. The molecule has 0 fully saturated rings. The number of rotatable bonds is 5. The SMILES string of the molecule is CCC(CC)[C@H](O)C[N+](=O)[O-]. The molecule has 4 nitrogen and oxygen atoms in total. The second kappa shape index (κ2) is 5.07. The van der Waals surface area contributed by atoms with E-state index < -0.39 is 11.0 Å². The zero-order chi connectivity index (χ0) is 8.85. The van der Waals surface area contributed by atoms with Crippen molar-refractivity contribution in [3.05, 3.63) is 10.1 Å². The van der Waals surface area contributed by atoms with E-state index in [0.717, 1.165) is 12.8 Å². The smallest absolute Gasteiger partial charge is 0.229 e. The Morgan fingerprint density at radius 1 is 1.45 bits per heavy atom. The van der Waals surface area contributed by atoms with Gasteiger partial charge in [-0.3, -0.25) is 10.1 Å². The molecule has 0 bridgehead atoms. The maximum atomic E-state index is 9.99. The summed E-state index contributed by atoms with van der Waals surface area (Å²) in [6.07, 6.45) is 0.816. The topological polar surface area (TPSA) is 63.4 Å². The summed E-state index contributed by atoms with van der Waals surface area (Å²) < 4.78 is 0. The van der Waals surface area contributed by atoms with Crippen molar-refractivity contribution in [2.24, 2.45) is 5.92 Å². The molecular formula is C7H15NO3. The van der Waals surface area contributed by atoms with Gasteiger partial charge in [-0.1, -0.05) is 26.7 Å². The first-order valence-corrected chi connectivity index (χ1v) is 3.91. The van der Waals surface area contributed by atoms with Gasteiger partial charge in [0.1, 0.15) is 6.10 Å². The van der Waals surface area contributed by atoms with Crippen molar-refractivity contribution in [2.45, 2.75) is 32.8 Å². The largest absolute Gasteiger partial charge is 0.386 e. The summed E-state index contributed by atoms with van der Waals surface area (Å²) in [5.74, 6) is 0.0698. The molecule has 0 aromatic carbocycles. The first-order chi connectivity index (χ1) is 5.11. The Kier molecular flexibility index (Phi) is 4.77. The lowest BCUT2D eigenvalue weighted by Gasteiger charge is -2.15. The summed E-state index contributed by atoms with van der Waals surface area (Å²) in [5.41, 5.74) is 0. The number of hydrogen-bond donors (Lipinski definition) is 1. The molecule has 0 aromatic rings. The van der Waals surface area contributed by atoms with Gasteiger partial charge in [0.2, 0.25) is 6.54 Å². The number of hydrogen-bond acceptors (Lipinski definition) is 3. The highest BCUT2D eigenvalue weighted by molar-refractivity contribution is 4.64. The van der Waals surface area contributed by atoms with E-state index in [2.05, 4.69) is 0 Å². The number of aliphatic hydroxyl groups excluding tert-OH is 1. The van der Waals surface area contributed by atoms with E-state index in [0.29, 0.717) is 0 Å². The molecule has 0 aliphatic carbocycles. The molecule has 0 aliphatic heterocycles. The summed E-state index contributed by atoms with van der Waals surface area (Å²) in [4.78, 5) is 9.52. The Morgan fingerprint density at radius 2 is 1.91 bits per heavy atom. The van der Waals surface area contributed by atoms with E-state index in [1.54, 1.807) is 0 Å². The lowest BCUT2D eigenvalue weighted by molar-refractivity contribution is -0.492. The van der Waals surface area contributed by atoms with E-state index in [1.165, 1.54) is 0 Å². The van der Waals surface area contributed by atoms with Gasteiger partial charge in [-0.25, -0.2) is 0 Å². The van der Waals surface area contributed by atoms with Crippen molar-refractivity contribution >= 4 is 0 Å². The minimum Gasteiger partial charge on any atom is -0.386 e. The van der Waals surface area contributed by atoms with Crippen molar-refractivity contribution in [1.29, 1.82) is 0 Å². The van der Waals surface area contributed by atoms with Gasteiger partial charge in [0.05, 0.1) is 0 Å². The van der Waals surface area contributed by atoms with Crippen LogP contribution in [0, 0.1) is 16.0 Å². The molecule has 0 radical (unpaired) electrons. The number of nitro groups is 1. The lowest BCUT2D eigenvalue weighted by atomic mass is 9.97. The van der Waals surface area contributed by atoms with Gasteiger partial charge in [-0.15, -0.1) is 0 Å². The molecule has 0 rings (SSSR count). The van der Waals surface area contributed by atoms with Gasteiger partial charge in [-0.05, 0) is 5.92 Å². The van der Waals surface area contributed by atoms with Crippen molar-refractivity contribution < 1.29 is 10.0 Å². The maximum absolute atomic E-state index is 9.99. The monoisotopic (exact) mass is 161 g/mol. The molecule has 0 aliphatic rings. The van der Waals surface area contributed by atoms with Crippen LogP contribution in [0.5, 0.6) is 0 Å². The molecule has 4 heteroatoms. The molecule has 0 saturated heterocycles. The van der Waals surface area contributed by atoms with Crippen LogP contribution in [-0.2, 0) is 0 Å². The molecule has 0 amide bonds. The van der Waals surface area contributed by atoms with Crippen molar-refractivity contribution in [3.63, 3.8) is 0 Å². The molecule has 0 unspecified atom stereocenters. The van der Waals surface area contributed by atoms with Gasteiger partial charge in [-0.2, -0.15) is 0 Å².